The molecule has 6 rings (SSSR count). The lowest BCUT2D eigenvalue weighted by atomic mass is 10.0. The number of hydrogen-bond donors (Lipinski definition) is 1. The molecule has 4 aromatic rings. The van der Waals surface area contributed by atoms with E-state index >= 15 is 0 Å². The van der Waals surface area contributed by atoms with E-state index in [1.165, 1.54) is 5.56 Å². The number of pyridine rings is 1. The molecular formula is C28H32N6O2. The van der Waals surface area contributed by atoms with Gasteiger partial charge < -0.3 is 9.30 Å². The maximum absolute atomic E-state index is 13.5. The van der Waals surface area contributed by atoms with Gasteiger partial charge >= 0.3 is 0 Å². The van der Waals surface area contributed by atoms with Gasteiger partial charge in [-0.3, -0.25) is 15.1 Å². The Labute approximate surface area is 210 Å². The van der Waals surface area contributed by atoms with E-state index < -0.39 is 0 Å². The number of anilines is 1. The van der Waals surface area contributed by atoms with Crippen molar-refractivity contribution in [1.29, 1.82) is 0 Å². The van der Waals surface area contributed by atoms with Crippen LogP contribution in [0.25, 0.3) is 22.3 Å². The van der Waals surface area contributed by atoms with Crippen molar-refractivity contribution < 1.29 is 9.53 Å². The second kappa shape index (κ2) is 8.76. The summed E-state index contributed by atoms with van der Waals surface area (Å²) in [6.45, 7) is 7.76. The van der Waals surface area contributed by atoms with Gasteiger partial charge in [0, 0.05) is 24.8 Å². The molecule has 1 aromatic carbocycles. The van der Waals surface area contributed by atoms with Crippen molar-refractivity contribution in [3.8, 4) is 17.1 Å². The van der Waals surface area contributed by atoms with E-state index in [9.17, 15) is 4.79 Å². The standard InChI is InChI=1S/C28H32N6O2/c1-16(2)20-7-8-23-25(12-20)34-14-18-5-6-19(10-18)15-36-27-22(13-29-33(27)4)24-11-21(9-17(3)30-24)26(35)32-28(34)31-23/h7-9,11-13,16,18-19H,5-6,10,14-15H2,1-4H3,(H,31,32,35)/t18-,19+/m1/s1. The number of hydrogen-bond acceptors (Lipinski definition) is 5. The summed E-state index contributed by atoms with van der Waals surface area (Å²) in [4.78, 5) is 23.1. The van der Waals surface area contributed by atoms with E-state index in [0.717, 1.165) is 48.1 Å². The molecule has 1 amide bonds. The predicted molar refractivity (Wildman–Crippen MR) is 139 cm³/mol. The summed E-state index contributed by atoms with van der Waals surface area (Å²) in [5, 5.41) is 7.54. The van der Waals surface area contributed by atoms with E-state index in [4.69, 9.17) is 14.7 Å². The molecule has 1 aliphatic carbocycles. The fraction of sp³-hybridized carbons (Fsp3) is 0.429. The third-order valence-corrected chi connectivity index (χ3v) is 7.59. The van der Waals surface area contributed by atoms with E-state index in [1.54, 1.807) is 16.9 Å². The molecule has 0 unspecified atom stereocenters. The zero-order chi connectivity index (χ0) is 25.0. The molecule has 3 aromatic heterocycles. The lowest BCUT2D eigenvalue weighted by molar-refractivity contribution is 0.102. The van der Waals surface area contributed by atoms with Gasteiger partial charge in [0.05, 0.1) is 35.1 Å². The zero-order valence-electron chi connectivity index (χ0n) is 21.3. The van der Waals surface area contributed by atoms with Gasteiger partial charge in [0.15, 0.2) is 0 Å². The SMILES string of the molecule is Cc1cc2cc(n1)-c1cnn(C)c1OC[C@H]1CC[C@H](C1)Cn1c(nc3ccc(C(C)C)cc31)NC2=O. The number of aromatic nitrogens is 5. The molecule has 36 heavy (non-hydrogen) atoms. The van der Waals surface area contributed by atoms with Gasteiger partial charge in [0.2, 0.25) is 11.8 Å². The Morgan fingerprint density at radius 3 is 2.78 bits per heavy atom. The average Bonchev–Trinajstić information content (AvgIpc) is 3.54. The highest BCUT2D eigenvalue weighted by molar-refractivity contribution is 6.04. The number of carbonyl (C=O) groups is 1. The molecule has 0 radical (unpaired) electrons. The first-order chi connectivity index (χ1) is 17.4. The molecule has 0 saturated heterocycles. The van der Waals surface area contributed by atoms with Gasteiger partial charge in [0.25, 0.3) is 5.91 Å². The molecule has 8 nitrogen and oxygen atoms in total. The maximum Gasteiger partial charge on any atom is 0.258 e. The van der Waals surface area contributed by atoms with Crippen LogP contribution in [0.4, 0.5) is 5.95 Å². The molecule has 4 heterocycles. The molecule has 0 spiro atoms. The van der Waals surface area contributed by atoms with Gasteiger partial charge in [-0.2, -0.15) is 5.10 Å². The third-order valence-electron chi connectivity index (χ3n) is 7.59. The number of fused-ring (bicyclic) bond motifs is 9. The Kier molecular flexibility index (Phi) is 5.54. The Bertz CT molecular complexity index is 1470. The average molecular weight is 485 g/mol. The topological polar surface area (TPSA) is 86.9 Å². The van der Waals surface area contributed by atoms with Gasteiger partial charge in [-0.1, -0.05) is 19.9 Å². The highest BCUT2D eigenvalue weighted by atomic mass is 16.5. The summed E-state index contributed by atoms with van der Waals surface area (Å²) in [7, 11) is 1.88. The number of imidazole rings is 1. The normalized spacial score (nSPS) is 19.9. The summed E-state index contributed by atoms with van der Waals surface area (Å²) >= 11 is 0. The first-order valence-corrected chi connectivity index (χ1v) is 12.8. The Morgan fingerprint density at radius 1 is 1.11 bits per heavy atom. The van der Waals surface area contributed by atoms with Crippen LogP contribution < -0.4 is 10.1 Å². The van der Waals surface area contributed by atoms with Crippen LogP contribution in [0, 0.1) is 18.8 Å². The second-order valence-corrected chi connectivity index (χ2v) is 10.6. The number of carbonyl (C=O) groups excluding carboxylic acids is 1. The molecule has 1 saturated carbocycles. The van der Waals surface area contributed by atoms with Crippen molar-refractivity contribution in [3.05, 3.63) is 53.3 Å². The first kappa shape index (κ1) is 22.8. The highest BCUT2D eigenvalue weighted by Crippen LogP contribution is 2.36. The van der Waals surface area contributed by atoms with Crippen LogP contribution in [0.5, 0.6) is 5.88 Å². The van der Waals surface area contributed by atoms with Gasteiger partial charge in [-0.15, -0.1) is 0 Å². The van der Waals surface area contributed by atoms with Crippen LogP contribution in [0.15, 0.2) is 36.5 Å². The van der Waals surface area contributed by atoms with Crippen LogP contribution in [0.3, 0.4) is 0 Å². The quantitative estimate of drug-likeness (QED) is 0.395. The molecule has 4 bridgehead atoms. The third kappa shape index (κ3) is 4.04. The minimum atomic E-state index is -0.201. The van der Waals surface area contributed by atoms with Crippen molar-refractivity contribution in [3.63, 3.8) is 0 Å². The van der Waals surface area contributed by atoms with Crippen molar-refractivity contribution in [2.24, 2.45) is 18.9 Å². The number of amides is 1. The van der Waals surface area contributed by atoms with Gasteiger partial charge in [-0.05, 0) is 73.8 Å². The molecule has 1 N–H and O–H groups in total. The van der Waals surface area contributed by atoms with Gasteiger partial charge in [0.1, 0.15) is 0 Å². The largest absolute Gasteiger partial charge is 0.477 e. The highest BCUT2D eigenvalue weighted by Gasteiger charge is 2.29. The predicted octanol–water partition coefficient (Wildman–Crippen LogP) is 5.32. The lowest BCUT2D eigenvalue weighted by Crippen LogP contribution is -2.18. The Morgan fingerprint density at radius 2 is 1.94 bits per heavy atom. The molecule has 2 atom stereocenters. The zero-order valence-corrected chi connectivity index (χ0v) is 21.3. The van der Waals surface area contributed by atoms with Crippen LogP contribution in [0.2, 0.25) is 0 Å². The molecule has 8 heteroatoms. The van der Waals surface area contributed by atoms with Crippen LogP contribution in [-0.4, -0.2) is 36.8 Å². The summed E-state index contributed by atoms with van der Waals surface area (Å²) < 4.78 is 10.3. The van der Waals surface area contributed by atoms with Crippen LogP contribution in [0.1, 0.15) is 60.6 Å². The number of aryl methyl sites for hydroxylation is 2. The van der Waals surface area contributed by atoms with E-state index in [1.807, 2.05) is 20.0 Å². The van der Waals surface area contributed by atoms with E-state index in [2.05, 4.69) is 47.0 Å². The van der Waals surface area contributed by atoms with Crippen LogP contribution >= 0.6 is 0 Å². The van der Waals surface area contributed by atoms with Crippen molar-refractivity contribution >= 4 is 22.9 Å². The Balaban J connectivity index is 1.48. The van der Waals surface area contributed by atoms with Crippen molar-refractivity contribution in [2.75, 3.05) is 11.9 Å². The van der Waals surface area contributed by atoms with Crippen molar-refractivity contribution in [1.82, 2.24) is 24.3 Å². The fourth-order valence-corrected chi connectivity index (χ4v) is 5.61. The number of nitrogens with one attached hydrogen (secondary N) is 1. The molecular weight excluding hydrogens is 452 g/mol. The minimum absolute atomic E-state index is 0.201. The minimum Gasteiger partial charge on any atom is -0.477 e. The number of nitrogens with zero attached hydrogens (tertiary/aromatic N) is 5. The second-order valence-electron chi connectivity index (χ2n) is 10.6. The van der Waals surface area contributed by atoms with E-state index in [-0.39, 0.29) is 5.91 Å². The van der Waals surface area contributed by atoms with Crippen molar-refractivity contribution in [2.45, 2.75) is 52.5 Å². The smallest absolute Gasteiger partial charge is 0.258 e. The molecule has 1 aliphatic heterocycles. The summed E-state index contributed by atoms with van der Waals surface area (Å²) in [5.74, 6) is 2.48. The monoisotopic (exact) mass is 484 g/mol. The van der Waals surface area contributed by atoms with Crippen LogP contribution in [-0.2, 0) is 13.6 Å². The van der Waals surface area contributed by atoms with Gasteiger partial charge in [-0.25, -0.2) is 9.67 Å². The number of ether oxygens (including phenoxy) is 1. The summed E-state index contributed by atoms with van der Waals surface area (Å²) in [6, 6.07) is 10.0. The molecule has 2 aliphatic rings. The Hall–Kier alpha value is -3.68. The summed E-state index contributed by atoms with van der Waals surface area (Å²) in [5.41, 5.74) is 6.01. The summed E-state index contributed by atoms with van der Waals surface area (Å²) in [6.07, 6.45) is 5.09. The molecule has 186 valence electrons. The fourth-order valence-electron chi connectivity index (χ4n) is 5.61. The van der Waals surface area contributed by atoms with E-state index in [0.29, 0.717) is 47.4 Å². The molecule has 1 fully saturated rings. The number of rotatable bonds is 1. The first-order valence-electron chi connectivity index (χ1n) is 12.8. The number of benzene rings is 1. The maximum atomic E-state index is 13.5. The lowest BCUT2D eigenvalue weighted by Gasteiger charge is -2.16.